The van der Waals surface area contributed by atoms with Gasteiger partial charge < -0.3 is 4.42 Å². The van der Waals surface area contributed by atoms with Crippen molar-refractivity contribution < 1.29 is 4.42 Å². The molecule has 1 aromatic heterocycles. The van der Waals surface area contributed by atoms with Crippen LogP contribution in [-0.2, 0) is 0 Å². The van der Waals surface area contributed by atoms with E-state index in [0.29, 0.717) is 0 Å². The number of furan rings is 1. The summed E-state index contributed by atoms with van der Waals surface area (Å²) < 4.78 is 5.96. The molecule has 0 amide bonds. The quantitative estimate of drug-likeness (QED) is 0.409. The van der Waals surface area contributed by atoms with Crippen LogP contribution in [0.15, 0.2) is 59.0 Å². The van der Waals surface area contributed by atoms with E-state index in [1.807, 2.05) is 36.4 Å². The van der Waals surface area contributed by atoms with Crippen molar-refractivity contribution in [2.75, 3.05) is 0 Å². The van der Waals surface area contributed by atoms with Crippen LogP contribution in [0, 0.1) is 0 Å². The molecule has 1 heterocycles. The van der Waals surface area contributed by atoms with Crippen LogP contribution < -0.4 is 0 Å². The summed E-state index contributed by atoms with van der Waals surface area (Å²) >= 11 is 6.30. The van der Waals surface area contributed by atoms with Gasteiger partial charge in [-0.15, -0.1) is 0 Å². The van der Waals surface area contributed by atoms with Gasteiger partial charge in [0.15, 0.2) is 0 Å². The summed E-state index contributed by atoms with van der Waals surface area (Å²) in [7, 11) is 0. The van der Waals surface area contributed by atoms with Gasteiger partial charge in [0.1, 0.15) is 11.2 Å². The van der Waals surface area contributed by atoms with Gasteiger partial charge in [0.25, 0.3) is 0 Å². The number of rotatable bonds is 0. The van der Waals surface area contributed by atoms with Gasteiger partial charge in [-0.1, -0.05) is 48.0 Å². The summed E-state index contributed by atoms with van der Waals surface area (Å²) in [6.45, 7) is 0. The highest BCUT2D eigenvalue weighted by atomic mass is 35.5. The Morgan fingerprint density at radius 3 is 2.61 bits per heavy atom. The maximum absolute atomic E-state index is 6.30. The monoisotopic (exact) mass is 252 g/mol. The van der Waals surface area contributed by atoms with Gasteiger partial charge in [0.2, 0.25) is 0 Å². The highest BCUT2D eigenvalue weighted by molar-refractivity contribution is 6.38. The largest absolute Gasteiger partial charge is 0.455 e. The maximum Gasteiger partial charge on any atom is 0.144 e. The molecular formula is C16H9ClO. The molecule has 2 heteroatoms. The van der Waals surface area contributed by atoms with Crippen LogP contribution in [0.1, 0.15) is 0 Å². The second kappa shape index (κ2) is 3.50. The minimum atomic E-state index is 0.733. The third kappa shape index (κ3) is 1.22. The van der Waals surface area contributed by atoms with Crippen LogP contribution in [0.2, 0.25) is 5.02 Å². The van der Waals surface area contributed by atoms with E-state index in [0.717, 1.165) is 37.7 Å². The van der Waals surface area contributed by atoms with Crippen LogP contribution in [0.25, 0.3) is 32.7 Å². The minimum absolute atomic E-state index is 0.733. The smallest absolute Gasteiger partial charge is 0.144 e. The van der Waals surface area contributed by atoms with Crippen molar-refractivity contribution in [3.63, 3.8) is 0 Å². The molecule has 1 nitrogen and oxygen atoms in total. The lowest BCUT2D eigenvalue weighted by atomic mass is 10.1. The molecule has 18 heavy (non-hydrogen) atoms. The number of fused-ring (bicyclic) bond motifs is 5. The molecule has 0 fully saturated rings. The number of halogens is 1. The fourth-order valence-corrected chi connectivity index (χ4v) is 2.78. The van der Waals surface area contributed by atoms with Gasteiger partial charge in [-0.3, -0.25) is 0 Å². The van der Waals surface area contributed by atoms with Crippen LogP contribution in [0.3, 0.4) is 0 Å². The van der Waals surface area contributed by atoms with E-state index in [-0.39, 0.29) is 0 Å². The number of benzene rings is 3. The summed E-state index contributed by atoms with van der Waals surface area (Å²) in [5, 5.41) is 5.08. The molecule has 0 unspecified atom stereocenters. The van der Waals surface area contributed by atoms with Gasteiger partial charge >= 0.3 is 0 Å². The van der Waals surface area contributed by atoms with Crippen molar-refractivity contribution in [3.05, 3.63) is 59.6 Å². The lowest BCUT2D eigenvalue weighted by Crippen LogP contribution is -1.75. The molecule has 0 aliphatic heterocycles. The molecule has 86 valence electrons. The van der Waals surface area contributed by atoms with E-state index in [4.69, 9.17) is 16.0 Å². The predicted octanol–water partition coefficient (Wildman–Crippen LogP) is 5.39. The van der Waals surface area contributed by atoms with Crippen molar-refractivity contribution in [1.29, 1.82) is 0 Å². The molecule has 0 atom stereocenters. The molecule has 3 aromatic carbocycles. The minimum Gasteiger partial charge on any atom is -0.455 e. The van der Waals surface area contributed by atoms with E-state index >= 15 is 0 Å². The third-order valence-corrected chi connectivity index (χ3v) is 3.65. The Hall–Kier alpha value is -1.99. The van der Waals surface area contributed by atoms with Gasteiger partial charge in [-0.2, -0.15) is 0 Å². The third-order valence-electron chi connectivity index (χ3n) is 3.34. The first kappa shape index (κ1) is 9.98. The highest BCUT2D eigenvalue weighted by Crippen LogP contribution is 2.36. The lowest BCUT2D eigenvalue weighted by molar-refractivity contribution is 0.672. The fraction of sp³-hybridized carbons (Fsp3) is 0. The van der Waals surface area contributed by atoms with Crippen LogP contribution in [-0.4, -0.2) is 0 Å². The normalized spacial score (nSPS) is 11.6. The summed E-state index contributed by atoms with van der Waals surface area (Å²) in [5.41, 5.74) is 1.78. The summed E-state index contributed by atoms with van der Waals surface area (Å²) in [6, 6.07) is 18.2. The topological polar surface area (TPSA) is 13.1 Å². The van der Waals surface area contributed by atoms with Gasteiger partial charge in [0, 0.05) is 16.2 Å². The number of hydrogen-bond acceptors (Lipinski definition) is 1. The molecule has 0 aliphatic rings. The Morgan fingerprint density at radius 1 is 0.778 bits per heavy atom. The van der Waals surface area contributed by atoms with Crippen molar-refractivity contribution >= 4 is 44.3 Å². The van der Waals surface area contributed by atoms with Gasteiger partial charge in [0.05, 0.1) is 5.02 Å². The molecule has 0 saturated heterocycles. The summed E-state index contributed by atoms with van der Waals surface area (Å²) in [5.74, 6) is 0. The van der Waals surface area contributed by atoms with Crippen molar-refractivity contribution in [1.82, 2.24) is 0 Å². The first-order valence-electron chi connectivity index (χ1n) is 5.83. The second-order valence-electron chi connectivity index (χ2n) is 4.38. The van der Waals surface area contributed by atoms with E-state index < -0.39 is 0 Å². The molecule has 0 N–H and O–H groups in total. The fourth-order valence-electron chi connectivity index (χ4n) is 2.51. The molecule has 0 aliphatic carbocycles. The molecule has 4 rings (SSSR count). The first-order chi connectivity index (χ1) is 8.84. The van der Waals surface area contributed by atoms with Gasteiger partial charge in [-0.05, 0) is 23.6 Å². The molecule has 0 bridgehead atoms. The average Bonchev–Trinajstić information content (AvgIpc) is 2.77. The van der Waals surface area contributed by atoms with Crippen LogP contribution >= 0.6 is 11.6 Å². The van der Waals surface area contributed by atoms with E-state index in [1.54, 1.807) is 0 Å². The Balaban J connectivity index is 2.35. The molecule has 0 radical (unpaired) electrons. The Bertz CT molecular complexity index is 889. The Kier molecular flexibility index (Phi) is 1.94. The number of para-hydroxylation sites is 1. The average molecular weight is 253 g/mol. The SMILES string of the molecule is Clc1cccc2ccc3c4ccccc4oc3c12. The standard InChI is InChI=1S/C16H9ClO/c17-13-6-3-4-10-8-9-12-11-5-1-2-7-14(11)18-16(12)15(10)13/h1-9H. The van der Waals surface area contributed by atoms with Gasteiger partial charge in [-0.25, -0.2) is 0 Å². The highest BCUT2D eigenvalue weighted by Gasteiger charge is 2.11. The first-order valence-corrected chi connectivity index (χ1v) is 6.21. The zero-order valence-corrected chi connectivity index (χ0v) is 10.2. The molecule has 0 spiro atoms. The van der Waals surface area contributed by atoms with E-state index in [9.17, 15) is 0 Å². The summed E-state index contributed by atoms with van der Waals surface area (Å²) in [6.07, 6.45) is 0. The van der Waals surface area contributed by atoms with Crippen molar-refractivity contribution in [2.45, 2.75) is 0 Å². The van der Waals surface area contributed by atoms with Crippen LogP contribution in [0.4, 0.5) is 0 Å². The Labute approximate surface area is 109 Å². The zero-order valence-electron chi connectivity index (χ0n) is 9.48. The van der Waals surface area contributed by atoms with E-state index in [1.165, 1.54) is 0 Å². The molecule has 4 aromatic rings. The predicted molar refractivity (Wildman–Crippen MR) is 76.2 cm³/mol. The maximum atomic E-state index is 6.30. The van der Waals surface area contributed by atoms with Crippen molar-refractivity contribution in [2.24, 2.45) is 0 Å². The number of hydrogen-bond donors (Lipinski definition) is 0. The Morgan fingerprint density at radius 2 is 1.67 bits per heavy atom. The van der Waals surface area contributed by atoms with E-state index in [2.05, 4.69) is 18.2 Å². The zero-order chi connectivity index (χ0) is 12.1. The molecular weight excluding hydrogens is 244 g/mol. The lowest BCUT2D eigenvalue weighted by Gasteiger charge is -2.00. The van der Waals surface area contributed by atoms with Crippen LogP contribution in [0.5, 0.6) is 0 Å². The summed E-state index contributed by atoms with van der Waals surface area (Å²) in [4.78, 5) is 0. The van der Waals surface area contributed by atoms with Crippen molar-refractivity contribution in [3.8, 4) is 0 Å². The molecule has 0 saturated carbocycles. The second-order valence-corrected chi connectivity index (χ2v) is 4.79.